The first-order valence-electron chi connectivity index (χ1n) is 3.65. The van der Waals surface area contributed by atoms with Gasteiger partial charge in [0.15, 0.2) is 5.78 Å². The molecular weight excluding hydrogens is 126 g/mol. The average molecular weight is 139 g/mol. The number of carbonyl (C=O) groups is 1. The predicted octanol–water partition coefficient (Wildman–Crippen LogP) is 1.09. The van der Waals surface area contributed by atoms with Gasteiger partial charge in [0, 0.05) is 18.7 Å². The standard InChI is InChI=1S/C8H13NO/c1-6(2)8-5-7(10)3-4-9-8/h3-4,6,8-9H,5H2,1-2H3/t8-/m1/s1. The van der Waals surface area contributed by atoms with Gasteiger partial charge in [0.05, 0.1) is 0 Å². The summed E-state index contributed by atoms with van der Waals surface area (Å²) in [5.74, 6) is 0.770. The van der Waals surface area contributed by atoms with Crippen molar-refractivity contribution in [3.05, 3.63) is 12.3 Å². The molecule has 1 N–H and O–H groups in total. The van der Waals surface area contributed by atoms with Crippen molar-refractivity contribution >= 4 is 5.78 Å². The van der Waals surface area contributed by atoms with Crippen LogP contribution in [0.5, 0.6) is 0 Å². The SMILES string of the molecule is CC(C)[C@H]1CC(=O)C=CN1. The van der Waals surface area contributed by atoms with Crippen LogP contribution in [0, 0.1) is 5.92 Å². The van der Waals surface area contributed by atoms with Crippen LogP contribution in [0.3, 0.4) is 0 Å². The summed E-state index contributed by atoms with van der Waals surface area (Å²) in [4.78, 5) is 10.9. The smallest absolute Gasteiger partial charge is 0.159 e. The maximum atomic E-state index is 10.9. The maximum Gasteiger partial charge on any atom is 0.159 e. The molecule has 0 saturated carbocycles. The molecule has 0 spiro atoms. The molecule has 10 heavy (non-hydrogen) atoms. The lowest BCUT2D eigenvalue weighted by molar-refractivity contribution is -0.115. The summed E-state index contributed by atoms with van der Waals surface area (Å²) in [6.45, 7) is 4.23. The first kappa shape index (κ1) is 7.32. The lowest BCUT2D eigenvalue weighted by Crippen LogP contribution is -2.34. The van der Waals surface area contributed by atoms with E-state index in [0.717, 1.165) is 0 Å². The molecule has 56 valence electrons. The fourth-order valence-electron chi connectivity index (χ4n) is 1.04. The van der Waals surface area contributed by atoms with Gasteiger partial charge in [0.2, 0.25) is 0 Å². The Bertz CT molecular complexity index is 161. The van der Waals surface area contributed by atoms with E-state index in [2.05, 4.69) is 19.2 Å². The number of hydrogen-bond acceptors (Lipinski definition) is 2. The minimum absolute atomic E-state index is 0.234. The summed E-state index contributed by atoms with van der Waals surface area (Å²) in [5, 5.41) is 3.15. The van der Waals surface area contributed by atoms with Crippen molar-refractivity contribution in [1.29, 1.82) is 0 Å². The molecule has 0 fully saturated rings. The van der Waals surface area contributed by atoms with Gasteiger partial charge in [-0.05, 0) is 12.0 Å². The van der Waals surface area contributed by atoms with E-state index in [1.807, 2.05) is 0 Å². The Balaban J connectivity index is 2.52. The Kier molecular flexibility index (Phi) is 2.10. The van der Waals surface area contributed by atoms with Gasteiger partial charge in [-0.2, -0.15) is 0 Å². The quantitative estimate of drug-likeness (QED) is 0.589. The fourth-order valence-corrected chi connectivity index (χ4v) is 1.04. The number of ketones is 1. The number of allylic oxidation sites excluding steroid dienone is 1. The Morgan fingerprint density at radius 1 is 1.70 bits per heavy atom. The van der Waals surface area contributed by atoms with Crippen LogP contribution in [0.25, 0.3) is 0 Å². The molecule has 1 aliphatic rings. The van der Waals surface area contributed by atoms with Crippen LogP contribution in [0.2, 0.25) is 0 Å². The van der Waals surface area contributed by atoms with Crippen molar-refractivity contribution in [2.75, 3.05) is 0 Å². The van der Waals surface area contributed by atoms with Crippen molar-refractivity contribution < 1.29 is 4.79 Å². The molecule has 0 bridgehead atoms. The van der Waals surface area contributed by atoms with Gasteiger partial charge in [0.1, 0.15) is 0 Å². The van der Waals surface area contributed by atoms with Gasteiger partial charge >= 0.3 is 0 Å². The molecule has 0 aromatic rings. The van der Waals surface area contributed by atoms with Crippen LogP contribution in [-0.4, -0.2) is 11.8 Å². The van der Waals surface area contributed by atoms with Crippen LogP contribution in [0.4, 0.5) is 0 Å². The summed E-state index contributed by atoms with van der Waals surface area (Å²) in [7, 11) is 0. The Hall–Kier alpha value is -0.790. The van der Waals surface area contributed by atoms with Gasteiger partial charge in [-0.3, -0.25) is 4.79 Å². The molecule has 1 aliphatic heterocycles. The van der Waals surface area contributed by atoms with Crippen LogP contribution >= 0.6 is 0 Å². The van der Waals surface area contributed by atoms with Crippen molar-refractivity contribution in [3.8, 4) is 0 Å². The van der Waals surface area contributed by atoms with Crippen LogP contribution in [0.15, 0.2) is 12.3 Å². The number of nitrogens with one attached hydrogen (secondary N) is 1. The number of rotatable bonds is 1. The van der Waals surface area contributed by atoms with Crippen LogP contribution in [-0.2, 0) is 4.79 Å². The normalized spacial score (nSPS) is 25.1. The average Bonchev–Trinajstić information content (AvgIpc) is 1.88. The summed E-state index contributed by atoms with van der Waals surface area (Å²) in [6.07, 6.45) is 3.99. The topological polar surface area (TPSA) is 29.1 Å². The van der Waals surface area contributed by atoms with E-state index < -0.39 is 0 Å². The Labute approximate surface area is 61.3 Å². The van der Waals surface area contributed by atoms with Gasteiger partial charge in [0.25, 0.3) is 0 Å². The van der Waals surface area contributed by atoms with E-state index in [9.17, 15) is 4.79 Å². The molecule has 0 unspecified atom stereocenters. The molecule has 1 heterocycles. The minimum atomic E-state index is 0.234. The van der Waals surface area contributed by atoms with E-state index in [0.29, 0.717) is 18.4 Å². The summed E-state index contributed by atoms with van der Waals surface area (Å²) in [5.41, 5.74) is 0. The second kappa shape index (κ2) is 2.86. The molecule has 0 aliphatic carbocycles. The third-order valence-corrected chi connectivity index (χ3v) is 1.81. The Morgan fingerprint density at radius 3 is 2.80 bits per heavy atom. The van der Waals surface area contributed by atoms with Crippen LogP contribution < -0.4 is 5.32 Å². The highest BCUT2D eigenvalue weighted by Crippen LogP contribution is 2.09. The van der Waals surface area contributed by atoms with E-state index in [-0.39, 0.29) is 5.78 Å². The molecule has 1 atom stereocenters. The van der Waals surface area contributed by atoms with Crippen LogP contribution in [0.1, 0.15) is 20.3 Å². The molecule has 0 amide bonds. The van der Waals surface area contributed by atoms with Crippen molar-refractivity contribution in [2.45, 2.75) is 26.3 Å². The predicted molar refractivity (Wildman–Crippen MR) is 40.5 cm³/mol. The molecule has 2 heteroatoms. The number of carbonyl (C=O) groups excluding carboxylic acids is 1. The van der Waals surface area contributed by atoms with Crippen molar-refractivity contribution in [3.63, 3.8) is 0 Å². The van der Waals surface area contributed by atoms with E-state index in [4.69, 9.17) is 0 Å². The second-order valence-corrected chi connectivity index (χ2v) is 3.02. The second-order valence-electron chi connectivity index (χ2n) is 3.02. The van der Waals surface area contributed by atoms with Gasteiger partial charge in [-0.25, -0.2) is 0 Å². The Morgan fingerprint density at radius 2 is 2.40 bits per heavy atom. The maximum absolute atomic E-state index is 10.9. The third-order valence-electron chi connectivity index (χ3n) is 1.81. The summed E-state index contributed by atoms with van der Waals surface area (Å²) >= 11 is 0. The molecule has 0 aromatic carbocycles. The highest BCUT2D eigenvalue weighted by molar-refractivity contribution is 5.90. The molecule has 1 rings (SSSR count). The van der Waals surface area contributed by atoms with E-state index in [1.165, 1.54) is 0 Å². The summed E-state index contributed by atoms with van der Waals surface area (Å²) in [6, 6.07) is 0.345. The van der Waals surface area contributed by atoms with E-state index >= 15 is 0 Å². The monoisotopic (exact) mass is 139 g/mol. The largest absolute Gasteiger partial charge is 0.387 e. The minimum Gasteiger partial charge on any atom is -0.387 e. The molecule has 0 aromatic heterocycles. The lowest BCUT2D eigenvalue weighted by atomic mass is 9.97. The summed E-state index contributed by atoms with van der Waals surface area (Å²) < 4.78 is 0. The zero-order valence-electron chi connectivity index (χ0n) is 6.42. The molecular formula is C8H13NO. The van der Waals surface area contributed by atoms with Gasteiger partial charge in [-0.15, -0.1) is 0 Å². The zero-order chi connectivity index (χ0) is 7.56. The highest BCUT2D eigenvalue weighted by Gasteiger charge is 2.17. The third kappa shape index (κ3) is 1.59. The lowest BCUT2D eigenvalue weighted by Gasteiger charge is -2.22. The first-order chi connectivity index (χ1) is 4.70. The van der Waals surface area contributed by atoms with Crippen molar-refractivity contribution in [1.82, 2.24) is 5.32 Å². The van der Waals surface area contributed by atoms with E-state index in [1.54, 1.807) is 12.3 Å². The fraction of sp³-hybridized carbons (Fsp3) is 0.625. The molecule has 0 radical (unpaired) electrons. The molecule has 0 saturated heterocycles. The van der Waals surface area contributed by atoms with Crippen molar-refractivity contribution in [2.24, 2.45) is 5.92 Å². The zero-order valence-corrected chi connectivity index (χ0v) is 6.42. The molecule has 2 nitrogen and oxygen atoms in total. The highest BCUT2D eigenvalue weighted by atomic mass is 16.1. The number of hydrogen-bond donors (Lipinski definition) is 1. The van der Waals surface area contributed by atoms with Gasteiger partial charge in [-0.1, -0.05) is 13.8 Å². The van der Waals surface area contributed by atoms with Gasteiger partial charge < -0.3 is 5.32 Å². The first-order valence-corrected chi connectivity index (χ1v) is 3.65.